The molecule has 1 aromatic rings. The van der Waals surface area contributed by atoms with Crippen LogP contribution in [0, 0.1) is 0 Å². The van der Waals surface area contributed by atoms with Gasteiger partial charge in [0.15, 0.2) is 12.3 Å². The summed E-state index contributed by atoms with van der Waals surface area (Å²) in [7, 11) is 0. The third-order valence-electron chi connectivity index (χ3n) is 3.35. The molecule has 22 heavy (non-hydrogen) atoms. The maximum atomic E-state index is 11.8. The van der Waals surface area contributed by atoms with E-state index in [-0.39, 0.29) is 0 Å². The van der Waals surface area contributed by atoms with Crippen LogP contribution in [0.2, 0.25) is 0 Å². The summed E-state index contributed by atoms with van der Waals surface area (Å²) in [4.78, 5) is 36.2. The molecule has 2 heterocycles. The van der Waals surface area contributed by atoms with Crippen molar-refractivity contribution in [2.45, 2.75) is 30.6 Å². The van der Waals surface area contributed by atoms with Gasteiger partial charge in [-0.2, -0.15) is 0 Å². The highest BCUT2D eigenvalue weighted by atomic mass is 16.6. The zero-order valence-corrected chi connectivity index (χ0v) is 11.1. The first-order valence-electron chi connectivity index (χ1n) is 6.23. The summed E-state index contributed by atoms with van der Waals surface area (Å²) in [5, 5.41) is 38.1. The number of primary amides is 1. The minimum Gasteiger partial charge on any atom is -0.394 e. The lowest BCUT2D eigenvalue weighted by Crippen LogP contribution is -2.40. The van der Waals surface area contributed by atoms with Crippen molar-refractivity contribution in [1.29, 1.82) is 0 Å². The fourth-order valence-electron chi connectivity index (χ4n) is 2.15. The molecular weight excluding hydrogens is 302 g/mol. The Morgan fingerprint density at radius 1 is 1.41 bits per heavy atom. The number of aromatic amines is 1. The third kappa shape index (κ3) is 2.67. The van der Waals surface area contributed by atoms with Crippen molar-refractivity contribution in [3.05, 3.63) is 32.6 Å². The summed E-state index contributed by atoms with van der Waals surface area (Å²) in [6.07, 6.45) is -6.75. The predicted molar refractivity (Wildman–Crippen MR) is 68.5 cm³/mol. The molecule has 11 heteroatoms. The molecule has 0 saturated carbocycles. The number of aliphatic hydroxyl groups is 4. The van der Waals surface area contributed by atoms with Crippen LogP contribution in [0.1, 0.15) is 17.9 Å². The lowest BCUT2D eigenvalue weighted by atomic mass is 10.1. The van der Waals surface area contributed by atoms with Crippen molar-refractivity contribution in [2.24, 2.45) is 5.73 Å². The standard InChI is InChI=1S/C11H15N3O8/c12-8(19)5(16)3-1-14(11(21)13-9(3)20)10-7(18)6(17)4(2-15)22-10/h1,4-7,10,15-18H,2H2,(H2,12,19)(H,13,20,21)/t4-,5?,6?,7+,10-/m1/s1. The highest BCUT2D eigenvalue weighted by Gasteiger charge is 2.44. The van der Waals surface area contributed by atoms with E-state index in [1.54, 1.807) is 0 Å². The van der Waals surface area contributed by atoms with Gasteiger partial charge in [0.2, 0.25) is 0 Å². The van der Waals surface area contributed by atoms with Crippen molar-refractivity contribution in [2.75, 3.05) is 6.61 Å². The Kier molecular flexibility index (Phi) is 4.44. The fraction of sp³-hybridized carbons (Fsp3) is 0.545. The summed E-state index contributed by atoms with van der Waals surface area (Å²) in [5.74, 6) is -1.21. The number of H-pyrrole nitrogens is 1. The fourth-order valence-corrected chi connectivity index (χ4v) is 2.15. The summed E-state index contributed by atoms with van der Waals surface area (Å²) in [6.45, 7) is -0.608. The quantitative estimate of drug-likeness (QED) is 0.321. The number of hydrogen-bond donors (Lipinski definition) is 6. The van der Waals surface area contributed by atoms with E-state index in [4.69, 9.17) is 15.6 Å². The normalized spacial score (nSPS) is 29.5. The van der Waals surface area contributed by atoms with Gasteiger partial charge in [-0.05, 0) is 0 Å². The molecule has 1 saturated heterocycles. The van der Waals surface area contributed by atoms with Crippen molar-refractivity contribution < 1.29 is 30.0 Å². The topological polar surface area (TPSA) is 188 Å². The van der Waals surface area contributed by atoms with Gasteiger partial charge in [-0.25, -0.2) is 4.79 Å². The van der Waals surface area contributed by atoms with E-state index >= 15 is 0 Å². The number of nitrogens with two attached hydrogens (primary N) is 1. The Morgan fingerprint density at radius 2 is 2.05 bits per heavy atom. The van der Waals surface area contributed by atoms with Gasteiger partial charge in [-0.1, -0.05) is 0 Å². The maximum Gasteiger partial charge on any atom is 0.330 e. The van der Waals surface area contributed by atoms with Crippen LogP contribution in [0.4, 0.5) is 0 Å². The number of nitrogens with zero attached hydrogens (tertiary/aromatic N) is 1. The van der Waals surface area contributed by atoms with Crippen molar-refractivity contribution in [3.63, 3.8) is 0 Å². The largest absolute Gasteiger partial charge is 0.394 e. The Hall–Kier alpha value is -2.05. The van der Waals surface area contributed by atoms with Gasteiger partial charge in [-0.3, -0.25) is 19.1 Å². The van der Waals surface area contributed by atoms with E-state index < -0.39 is 60.0 Å². The van der Waals surface area contributed by atoms with Crippen molar-refractivity contribution in [1.82, 2.24) is 9.55 Å². The molecule has 11 nitrogen and oxygen atoms in total. The van der Waals surface area contributed by atoms with E-state index in [1.807, 2.05) is 4.98 Å². The van der Waals surface area contributed by atoms with E-state index in [0.717, 1.165) is 6.20 Å². The molecule has 0 spiro atoms. The Morgan fingerprint density at radius 3 is 2.55 bits per heavy atom. The third-order valence-corrected chi connectivity index (χ3v) is 3.35. The van der Waals surface area contributed by atoms with Crippen LogP contribution in [-0.4, -0.2) is 60.8 Å². The Labute approximate surface area is 122 Å². The van der Waals surface area contributed by atoms with Crippen LogP contribution < -0.4 is 17.0 Å². The highest BCUT2D eigenvalue weighted by molar-refractivity contribution is 5.79. The molecule has 1 aliphatic heterocycles. The van der Waals surface area contributed by atoms with Crippen LogP contribution in [0.5, 0.6) is 0 Å². The van der Waals surface area contributed by atoms with Gasteiger partial charge in [0.25, 0.3) is 11.5 Å². The van der Waals surface area contributed by atoms with Crippen LogP contribution in [0.15, 0.2) is 15.8 Å². The molecule has 122 valence electrons. The molecule has 2 rings (SSSR count). The first-order valence-corrected chi connectivity index (χ1v) is 6.23. The lowest BCUT2D eigenvalue weighted by molar-refractivity contribution is -0.126. The lowest BCUT2D eigenvalue weighted by Gasteiger charge is -2.18. The zero-order valence-electron chi connectivity index (χ0n) is 11.1. The number of nitrogens with one attached hydrogen (secondary N) is 1. The number of aromatic nitrogens is 2. The van der Waals surface area contributed by atoms with Gasteiger partial charge in [0.1, 0.15) is 18.3 Å². The van der Waals surface area contributed by atoms with Crippen LogP contribution in [-0.2, 0) is 9.53 Å². The van der Waals surface area contributed by atoms with Crippen LogP contribution >= 0.6 is 0 Å². The van der Waals surface area contributed by atoms with E-state index in [2.05, 4.69) is 0 Å². The van der Waals surface area contributed by atoms with Crippen LogP contribution in [0.25, 0.3) is 0 Å². The van der Waals surface area contributed by atoms with Crippen molar-refractivity contribution in [3.8, 4) is 0 Å². The Balaban J connectivity index is 2.48. The summed E-state index contributed by atoms with van der Waals surface area (Å²) >= 11 is 0. The predicted octanol–water partition coefficient (Wildman–Crippen LogP) is -4.33. The number of carbonyl (C=O) groups is 1. The maximum absolute atomic E-state index is 11.8. The molecule has 5 atom stereocenters. The smallest absolute Gasteiger partial charge is 0.330 e. The molecule has 1 fully saturated rings. The molecule has 0 aliphatic carbocycles. The van der Waals surface area contributed by atoms with Gasteiger partial charge in [0.05, 0.1) is 12.2 Å². The molecule has 0 bridgehead atoms. The van der Waals surface area contributed by atoms with Crippen LogP contribution in [0.3, 0.4) is 0 Å². The Bertz CT molecular complexity index is 683. The number of carbonyl (C=O) groups excluding carboxylic acids is 1. The first-order chi connectivity index (χ1) is 10.3. The number of aliphatic hydroxyl groups excluding tert-OH is 4. The van der Waals surface area contributed by atoms with Gasteiger partial charge < -0.3 is 30.9 Å². The summed E-state index contributed by atoms with van der Waals surface area (Å²) < 4.78 is 5.82. The number of rotatable bonds is 4. The average Bonchev–Trinajstić information content (AvgIpc) is 2.74. The number of ether oxygens (including phenoxy) is 1. The molecule has 1 aliphatic rings. The average molecular weight is 317 g/mol. The number of hydrogen-bond acceptors (Lipinski definition) is 8. The molecular formula is C11H15N3O8. The molecule has 1 aromatic heterocycles. The second-order valence-electron chi connectivity index (χ2n) is 4.78. The van der Waals surface area contributed by atoms with Crippen molar-refractivity contribution >= 4 is 5.91 Å². The molecule has 0 aromatic carbocycles. The van der Waals surface area contributed by atoms with Gasteiger partial charge >= 0.3 is 5.69 Å². The molecule has 7 N–H and O–H groups in total. The zero-order chi connectivity index (χ0) is 16.6. The molecule has 2 unspecified atom stereocenters. The summed E-state index contributed by atoms with van der Waals surface area (Å²) in [6, 6.07) is 0. The first kappa shape index (κ1) is 16.3. The molecule has 0 radical (unpaired) electrons. The summed E-state index contributed by atoms with van der Waals surface area (Å²) in [5.41, 5.74) is 2.34. The van der Waals surface area contributed by atoms with E-state index in [1.165, 1.54) is 0 Å². The highest BCUT2D eigenvalue weighted by Crippen LogP contribution is 2.28. The van der Waals surface area contributed by atoms with E-state index in [0.29, 0.717) is 4.57 Å². The minimum atomic E-state index is -1.97. The number of amides is 1. The SMILES string of the molecule is NC(=O)C(O)c1cn([C@@H]2O[C@H](CO)C(O)[C@@H]2O)c(=O)[nH]c1=O. The monoisotopic (exact) mass is 317 g/mol. The second kappa shape index (κ2) is 5.98. The van der Waals surface area contributed by atoms with Gasteiger partial charge in [0, 0.05) is 6.20 Å². The minimum absolute atomic E-state index is 0.523. The molecule has 1 amide bonds. The second-order valence-corrected chi connectivity index (χ2v) is 4.78. The van der Waals surface area contributed by atoms with Gasteiger partial charge in [-0.15, -0.1) is 0 Å². The van der Waals surface area contributed by atoms with E-state index in [9.17, 15) is 29.7 Å².